The predicted octanol–water partition coefficient (Wildman–Crippen LogP) is 0.744. The maximum Gasteiger partial charge on any atom is 0.321 e. The fraction of sp³-hybridized carbons (Fsp3) is 0.333. The summed E-state index contributed by atoms with van der Waals surface area (Å²) >= 11 is 0. The molecule has 0 saturated heterocycles. The third kappa shape index (κ3) is 3.74. The van der Waals surface area contributed by atoms with Crippen LogP contribution in [0, 0.1) is 6.92 Å². The zero-order valence-electron chi connectivity index (χ0n) is 10.3. The van der Waals surface area contributed by atoms with Crippen LogP contribution < -0.4 is 15.8 Å². The largest absolute Gasteiger partial charge is 0.495 e. The molecule has 4 N–H and O–H groups in total. The molecule has 0 aliphatic rings. The van der Waals surface area contributed by atoms with Gasteiger partial charge in [-0.15, -0.1) is 0 Å². The van der Waals surface area contributed by atoms with Gasteiger partial charge in [0.05, 0.1) is 19.2 Å². The van der Waals surface area contributed by atoms with E-state index in [1.807, 2.05) is 13.0 Å². The van der Waals surface area contributed by atoms with Crippen molar-refractivity contribution in [2.24, 2.45) is 5.73 Å². The molecule has 6 heteroatoms. The number of aryl methyl sites for hydroxylation is 1. The van der Waals surface area contributed by atoms with Crippen LogP contribution in [0.4, 0.5) is 5.69 Å². The number of nitrogens with two attached hydrogens (primary N) is 1. The normalized spacial score (nSPS) is 11.7. The summed E-state index contributed by atoms with van der Waals surface area (Å²) in [5.41, 5.74) is 6.73. The molecule has 1 aromatic rings. The van der Waals surface area contributed by atoms with Crippen molar-refractivity contribution >= 4 is 17.6 Å². The summed E-state index contributed by atoms with van der Waals surface area (Å²) in [5, 5.41) is 11.2. The van der Waals surface area contributed by atoms with E-state index in [2.05, 4.69) is 5.32 Å². The first-order valence-electron chi connectivity index (χ1n) is 5.37. The molecule has 1 unspecified atom stereocenters. The van der Waals surface area contributed by atoms with Gasteiger partial charge in [0.2, 0.25) is 5.91 Å². The summed E-state index contributed by atoms with van der Waals surface area (Å²) in [5.74, 6) is -1.16. The average molecular weight is 252 g/mol. The van der Waals surface area contributed by atoms with E-state index in [1.54, 1.807) is 12.1 Å². The Morgan fingerprint density at radius 3 is 2.72 bits per heavy atom. The third-order valence-corrected chi connectivity index (χ3v) is 2.35. The van der Waals surface area contributed by atoms with Crippen LogP contribution in [0.3, 0.4) is 0 Å². The van der Waals surface area contributed by atoms with Crippen LogP contribution in [0.2, 0.25) is 0 Å². The molecule has 0 radical (unpaired) electrons. The molecule has 0 aliphatic carbocycles. The highest BCUT2D eigenvalue weighted by molar-refractivity contribution is 5.95. The molecule has 0 spiro atoms. The van der Waals surface area contributed by atoms with Crippen molar-refractivity contribution in [3.63, 3.8) is 0 Å². The van der Waals surface area contributed by atoms with Crippen molar-refractivity contribution < 1.29 is 19.4 Å². The zero-order valence-corrected chi connectivity index (χ0v) is 10.3. The molecule has 1 aromatic carbocycles. The molecule has 98 valence electrons. The number of amides is 1. The summed E-state index contributed by atoms with van der Waals surface area (Å²) in [6, 6.07) is 4.10. The number of carbonyl (C=O) groups excluding carboxylic acids is 1. The fourth-order valence-corrected chi connectivity index (χ4v) is 1.41. The highest BCUT2D eigenvalue weighted by Crippen LogP contribution is 2.25. The quantitative estimate of drug-likeness (QED) is 0.717. The van der Waals surface area contributed by atoms with Crippen LogP contribution in [-0.4, -0.2) is 30.1 Å². The minimum atomic E-state index is -1.21. The highest BCUT2D eigenvalue weighted by atomic mass is 16.5. The molecule has 0 saturated carbocycles. The van der Waals surface area contributed by atoms with Gasteiger partial charge in [0.15, 0.2) is 0 Å². The zero-order chi connectivity index (χ0) is 13.7. The number of carbonyl (C=O) groups is 2. The van der Waals surface area contributed by atoms with Crippen LogP contribution in [0.25, 0.3) is 0 Å². The number of aliphatic carboxylic acids is 1. The number of anilines is 1. The van der Waals surface area contributed by atoms with Crippen molar-refractivity contribution in [2.75, 3.05) is 12.4 Å². The molecule has 0 aliphatic heterocycles. The van der Waals surface area contributed by atoms with Gasteiger partial charge in [0.25, 0.3) is 0 Å². The van der Waals surface area contributed by atoms with Crippen molar-refractivity contribution in [3.8, 4) is 5.75 Å². The monoisotopic (exact) mass is 252 g/mol. The predicted molar refractivity (Wildman–Crippen MR) is 66.6 cm³/mol. The lowest BCUT2D eigenvalue weighted by molar-refractivity contribution is -0.140. The number of rotatable bonds is 5. The minimum absolute atomic E-state index is 0.285. The summed E-state index contributed by atoms with van der Waals surface area (Å²) in [6.45, 7) is 1.87. The molecular formula is C12H16N2O4. The first kappa shape index (κ1) is 14.0. The number of hydrogen-bond acceptors (Lipinski definition) is 4. The molecule has 0 heterocycles. The van der Waals surface area contributed by atoms with E-state index in [9.17, 15) is 9.59 Å². The van der Waals surface area contributed by atoms with Gasteiger partial charge in [0, 0.05) is 0 Å². The van der Waals surface area contributed by atoms with Gasteiger partial charge in [-0.2, -0.15) is 0 Å². The molecule has 18 heavy (non-hydrogen) atoms. The Hall–Kier alpha value is -2.08. The van der Waals surface area contributed by atoms with Crippen molar-refractivity contribution in [1.29, 1.82) is 0 Å². The smallest absolute Gasteiger partial charge is 0.321 e. The van der Waals surface area contributed by atoms with E-state index < -0.39 is 17.9 Å². The Bertz CT molecular complexity index is 459. The van der Waals surface area contributed by atoms with Crippen LogP contribution >= 0.6 is 0 Å². The minimum Gasteiger partial charge on any atom is -0.495 e. The topological polar surface area (TPSA) is 102 Å². The first-order chi connectivity index (χ1) is 8.43. The second-order valence-corrected chi connectivity index (χ2v) is 3.90. The summed E-state index contributed by atoms with van der Waals surface area (Å²) in [6.07, 6.45) is -0.285. The summed E-state index contributed by atoms with van der Waals surface area (Å²) < 4.78 is 5.09. The van der Waals surface area contributed by atoms with Crippen LogP contribution in [-0.2, 0) is 9.59 Å². The van der Waals surface area contributed by atoms with E-state index in [4.69, 9.17) is 15.6 Å². The molecule has 0 bridgehead atoms. The Morgan fingerprint density at radius 1 is 1.50 bits per heavy atom. The lowest BCUT2D eigenvalue weighted by Gasteiger charge is -2.12. The number of nitrogens with one attached hydrogen (secondary N) is 1. The van der Waals surface area contributed by atoms with Crippen molar-refractivity contribution in [3.05, 3.63) is 23.8 Å². The standard InChI is InChI=1S/C12H16N2O4/c1-7-3-4-10(18-2)9(5-7)14-11(15)6-8(13)12(16)17/h3-5,8H,6,13H2,1-2H3,(H,14,15)(H,16,17). The van der Waals surface area contributed by atoms with Gasteiger partial charge in [-0.3, -0.25) is 9.59 Å². The third-order valence-electron chi connectivity index (χ3n) is 2.35. The number of methoxy groups -OCH3 is 1. The van der Waals surface area contributed by atoms with Gasteiger partial charge >= 0.3 is 5.97 Å². The average Bonchev–Trinajstić information content (AvgIpc) is 2.28. The van der Waals surface area contributed by atoms with Crippen LogP contribution in [0.15, 0.2) is 18.2 Å². The van der Waals surface area contributed by atoms with Crippen molar-refractivity contribution in [1.82, 2.24) is 0 Å². The highest BCUT2D eigenvalue weighted by Gasteiger charge is 2.17. The maximum absolute atomic E-state index is 11.6. The molecule has 1 atom stereocenters. The number of hydrogen-bond donors (Lipinski definition) is 3. The van der Waals surface area contributed by atoms with Gasteiger partial charge in [-0.25, -0.2) is 0 Å². The summed E-state index contributed by atoms with van der Waals surface area (Å²) in [4.78, 5) is 22.1. The van der Waals surface area contributed by atoms with Gasteiger partial charge in [-0.05, 0) is 24.6 Å². The van der Waals surface area contributed by atoms with Crippen molar-refractivity contribution in [2.45, 2.75) is 19.4 Å². The number of carboxylic acid groups (broad SMARTS) is 1. The molecular weight excluding hydrogens is 236 g/mol. The van der Waals surface area contributed by atoms with E-state index in [1.165, 1.54) is 7.11 Å². The lowest BCUT2D eigenvalue weighted by atomic mass is 10.2. The Labute approximate surface area is 105 Å². The fourth-order valence-electron chi connectivity index (χ4n) is 1.41. The molecule has 0 fully saturated rings. The van der Waals surface area contributed by atoms with Gasteiger partial charge in [0.1, 0.15) is 11.8 Å². The Balaban J connectivity index is 2.75. The molecule has 0 aromatic heterocycles. The molecule has 1 amide bonds. The van der Waals surface area contributed by atoms with E-state index in [0.29, 0.717) is 11.4 Å². The summed E-state index contributed by atoms with van der Waals surface area (Å²) in [7, 11) is 1.49. The number of ether oxygens (including phenoxy) is 1. The van der Waals surface area contributed by atoms with Gasteiger partial charge in [-0.1, -0.05) is 6.07 Å². The van der Waals surface area contributed by atoms with E-state index >= 15 is 0 Å². The number of carboxylic acids is 1. The maximum atomic E-state index is 11.6. The number of benzene rings is 1. The molecule has 6 nitrogen and oxygen atoms in total. The van der Waals surface area contributed by atoms with E-state index in [0.717, 1.165) is 5.56 Å². The van der Waals surface area contributed by atoms with Crippen LogP contribution in [0.5, 0.6) is 5.75 Å². The first-order valence-corrected chi connectivity index (χ1v) is 5.37. The van der Waals surface area contributed by atoms with E-state index in [-0.39, 0.29) is 6.42 Å². The molecule has 1 rings (SSSR count). The Morgan fingerprint density at radius 2 is 2.17 bits per heavy atom. The Kier molecular flexibility index (Phi) is 4.67. The SMILES string of the molecule is COc1ccc(C)cc1NC(=O)CC(N)C(=O)O. The van der Waals surface area contributed by atoms with Crippen LogP contribution in [0.1, 0.15) is 12.0 Å². The lowest BCUT2D eigenvalue weighted by Crippen LogP contribution is -2.34. The second-order valence-electron chi connectivity index (χ2n) is 3.90. The second kappa shape index (κ2) is 6.02. The van der Waals surface area contributed by atoms with Gasteiger partial charge < -0.3 is 20.9 Å².